The number of hydrogen-bond donors (Lipinski definition) is 0. The molecule has 41 heavy (non-hydrogen) atoms. The molecule has 0 saturated carbocycles. The average Bonchev–Trinajstić information content (AvgIpc) is 3.56. The van der Waals surface area contributed by atoms with Crippen LogP contribution in [0.15, 0.2) is 127 Å². The van der Waals surface area contributed by atoms with Crippen molar-refractivity contribution in [2.45, 2.75) is 0 Å². The molecular formula is C35H21N5O. The molecule has 2 aromatic heterocycles. The second-order valence-electron chi connectivity index (χ2n) is 9.91. The number of rotatable bonds is 4. The van der Waals surface area contributed by atoms with Gasteiger partial charge in [0.1, 0.15) is 0 Å². The maximum absolute atomic E-state index is 13.4. The molecule has 5 aromatic carbocycles. The maximum atomic E-state index is 13.4. The minimum atomic E-state index is 0.0257. The smallest absolute Gasteiger partial charge is 0.200 e. The van der Waals surface area contributed by atoms with Crippen LogP contribution in [0.3, 0.4) is 0 Å². The molecule has 7 aromatic rings. The van der Waals surface area contributed by atoms with E-state index in [9.17, 15) is 4.79 Å². The normalized spacial score (nSPS) is 12.0. The van der Waals surface area contributed by atoms with Gasteiger partial charge in [-0.15, -0.1) is 0 Å². The zero-order chi connectivity index (χ0) is 27.3. The van der Waals surface area contributed by atoms with Gasteiger partial charge < -0.3 is 0 Å². The summed E-state index contributed by atoms with van der Waals surface area (Å²) < 4.78 is 2.03. The third-order valence-electron chi connectivity index (χ3n) is 7.41. The summed E-state index contributed by atoms with van der Waals surface area (Å²) in [6.07, 6.45) is 0. The zero-order valence-corrected chi connectivity index (χ0v) is 21.8. The molecule has 6 nitrogen and oxygen atoms in total. The van der Waals surface area contributed by atoms with Crippen molar-refractivity contribution < 1.29 is 4.79 Å². The van der Waals surface area contributed by atoms with E-state index in [0.29, 0.717) is 28.9 Å². The lowest BCUT2D eigenvalue weighted by Gasteiger charge is -2.11. The van der Waals surface area contributed by atoms with Gasteiger partial charge in [0.2, 0.25) is 0 Å². The van der Waals surface area contributed by atoms with Crippen molar-refractivity contribution in [1.29, 1.82) is 0 Å². The number of fused-ring (bicyclic) bond motifs is 4. The second kappa shape index (κ2) is 9.17. The summed E-state index contributed by atoms with van der Waals surface area (Å²) in [5.41, 5.74) is 7.47. The second-order valence-corrected chi connectivity index (χ2v) is 9.91. The summed E-state index contributed by atoms with van der Waals surface area (Å²) in [6.45, 7) is 0. The minimum absolute atomic E-state index is 0.0257. The largest absolute Gasteiger partial charge is 0.290 e. The highest BCUT2D eigenvalue weighted by atomic mass is 16.1. The fourth-order valence-electron chi connectivity index (χ4n) is 5.49. The monoisotopic (exact) mass is 527 g/mol. The van der Waals surface area contributed by atoms with Crippen molar-refractivity contribution in [1.82, 2.24) is 24.5 Å². The van der Waals surface area contributed by atoms with Crippen LogP contribution in [0.25, 0.3) is 62.3 Å². The number of hydrogen-bond acceptors (Lipinski definition) is 5. The van der Waals surface area contributed by atoms with Gasteiger partial charge in [0.05, 0.1) is 11.0 Å². The van der Waals surface area contributed by atoms with Gasteiger partial charge in [0, 0.05) is 27.9 Å². The van der Waals surface area contributed by atoms with E-state index in [4.69, 9.17) is 19.9 Å². The van der Waals surface area contributed by atoms with Crippen molar-refractivity contribution in [3.63, 3.8) is 0 Å². The summed E-state index contributed by atoms with van der Waals surface area (Å²) in [5.74, 6) is 2.18. The van der Waals surface area contributed by atoms with Crippen molar-refractivity contribution in [3.05, 3.63) is 139 Å². The molecule has 1 aliphatic carbocycles. The molecule has 0 atom stereocenters. The van der Waals surface area contributed by atoms with E-state index in [1.165, 1.54) is 0 Å². The van der Waals surface area contributed by atoms with Crippen molar-refractivity contribution in [2.75, 3.05) is 0 Å². The topological polar surface area (TPSA) is 73.6 Å². The molecular weight excluding hydrogens is 506 g/mol. The van der Waals surface area contributed by atoms with E-state index in [1.54, 1.807) is 0 Å². The summed E-state index contributed by atoms with van der Waals surface area (Å²) >= 11 is 0. The first-order valence-corrected chi connectivity index (χ1v) is 13.4. The molecule has 1 aliphatic rings. The number of aromatic nitrogens is 5. The number of carbonyl (C=O) groups is 1. The van der Waals surface area contributed by atoms with Gasteiger partial charge >= 0.3 is 0 Å². The Kier molecular flexibility index (Phi) is 5.18. The predicted molar refractivity (Wildman–Crippen MR) is 160 cm³/mol. The fourth-order valence-corrected chi connectivity index (χ4v) is 5.49. The summed E-state index contributed by atoms with van der Waals surface area (Å²) in [5, 5.41) is 0. The maximum Gasteiger partial charge on any atom is 0.200 e. The van der Waals surface area contributed by atoms with E-state index >= 15 is 0 Å². The van der Waals surface area contributed by atoms with E-state index in [0.717, 1.165) is 44.5 Å². The Balaban J connectivity index is 1.42. The first-order chi connectivity index (χ1) is 20.2. The highest BCUT2D eigenvalue weighted by molar-refractivity contribution is 6.23. The molecule has 0 N–H and O–H groups in total. The Hall–Kier alpha value is -5.75. The number of carbonyl (C=O) groups excluding carboxylic acids is 1. The Morgan fingerprint density at radius 2 is 1.00 bits per heavy atom. The van der Waals surface area contributed by atoms with Crippen LogP contribution in [0.2, 0.25) is 0 Å². The molecule has 8 rings (SSSR count). The van der Waals surface area contributed by atoms with Gasteiger partial charge in [-0.1, -0.05) is 103 Å². The number of imidazole rings is 1. The first-order valence-electron chi connectivity index (χ1n) is 13.4. The molecule has 0 unspecified atom stereocenters. The van der Waals surface area contributed by atoms with Crippen LogP contribution in [0.5, 0.6) is 0 Å². The van der Waals surface area contributed by atoms with Crippen LogP contribution in [0, 0.1) is 0 Å². The quantitative estimate of drug-likeness (QED) is 0.238. The number of nitrogens with zero attached hydrogens (tertiary/aromatic N) is 5. The Morgan fingerprint density at radius 1 is 0.463 bits per heavy atom. The van der Waals surface area contributed by atoms with Crippen molar-refractivity contribution in [2.24, 2.45) is 0 Å². The van der Waals surface area contributed by atoms with E-state index in [-0.39, 0.29) is 5.78 Å². The van der Waals surface area contributed by atoms with Crippen LogP contribution in [0.1, 0.15) is 15.9 Å². The summed E-state index contributed by atoms with van der Waals surface area (Å²) in [4.78, 5) is 33.2. The SMILES string of the molecule is O=C1c2ccccc2-c2cc3nc(-c4nc(-c5ccccc5)nc(-c5ccccc5)n4)n(-c4ccccc4)c3cc21. The number of para-hydroxylation sites is 1. The van der Waals surface area contributed by atoms with Crippen LogP contribution in [0.4, 0.5) is 0 Å². The Morgan fingerprint density at radius 3 is 1.63 bits per heavy atom. The molecule has 0 saturated heterocycles. The van der Waals surface area contributed by atoms with Gasteiger partial charge in [-0.25, -0.2) is 19.9 Å². The van der Waals surface area contributed by atoms with Gasteiger partial charge in [-0.3, -0.25) is 9.36 Å². The fraction of sp³-hybridized carbons (Fsp3) is 0. The first kappa shape index (κ1) is 23.2. The molecule has 192 valence electrons. The van der Waals surface area contributed by atoms with Crippen LogP contribution >= 0.6 is 0 Å². The molecule has 0 spiro atoms. The van der Waals surface area contributed by atoms with Crippen molar-refractivity contribution >= 4 is 16.8 Å². The molecule has 0 aliphatic heterocycles. The van der Waals surface area contributed by atoms with Crippen LogP contribution < -0.4 is 0 Å². The third kappa shape index (κ3) is 3.77. The van der Waals surface area contributed by atoms with Gasteiger partial charge in [0.15, 0.2) is 29.1 Å². The summed E-state index contributed by atoms with van der Waals surface area (Å²) in [7, 11) is 0. The van der Waals surface area contributed by atoms with Crippen molar-refractivity contribution in [3.8, 4) is 51.2 Å². The van der Waals surface area contributed by atoms with Crippen LogP contribution in [-0.2, 0) is 0 Å². The molecule has 6 heteroatoms. The Bertz CT molecular complexity index is 2040. The predicted octanol–water partition coefficient (Wildman–Crippen LogP) is 7.42. The van der Waals surface area contributed by atoms with Crippen LogP contribution in [-0.4, -0.2) is 30.3 Å². The molecule has 0 radical (unpaired) electrons. The minimum Gasteiger partial charge on any atom is -0.290 e. The van der Waals surface area contributed by atoms with Gasteiger partial charge in [-0.2, -0.15) is 0 Å². The molecule has 2 heterocycles. The summed E-state index contributed by atoms with van der Waals surface area (Å²) in [6, 6.07) is 41.4. The van der Waals surface area contributed by atoms with E-state index in [2.05, 4.69) is 0 Å². The lowest BCUT2D eigenvalue weighted by atomic mass is 10.1. The van der Waals surface area contributed by atoms with E-state index in [1.807, 2.05) is 132 Å². The Labute approximate surface area is 235 Å². The third-order valence-corrected chi connectivity index (χ3v) is 7.41. The average molecular weight is 528 g/mol. The molecule has 0 bridgehead atoms. The highest BCUT2D eigenvalue weighted by Gasteiger charge is 2.29. The van der Waals surface area contributed by atoms with Gasteiger partial charge in [-0.05, 0) is 35.4 Å². The van der Waals surface area contributed by atoms with E-state index < -0.39 is 0 Å². The standard InChI is InChI=1S/C35H21N5O/c41-31-26-19-11-10-18-25(26)27-20-29-30(21-28(27)31)40(24-16-8-3-9-17-24)35(36-29)34-38-32(22-12-4-1-5-13-22)37-33(39-34)23-14-6-2-7-15-23/h1-21H. The number of ketones is 1. The number of benzene rings is 5. The lowest BCUT2D eigenvalue weighted by Crippen LogP contribution is -2.05. The highest BCUT2D eigenvalue weighted by Crippen LogP contribution is 2.40. The molecule has 0 fully saturated rings. The zero-order valence-electron chi connectivity index (χ0n) is 21.8. The molecule has 0 amide bonds. The lowest BCUT2D eigenvalue weighted by molar-refractivity contribution is 0.104. The van der Waals surface area contributed by atoms with Gasteiger partial charge in [0.25, 0.3) is 0 Å².